The van der Waals surface area contributed by atoms with Gasteiger partial charge in [0.25, 0.3) is 5.91 Å². The molecule has 23 heavy (non-hydrogen) atoms. The second kappa shape index (κ2) is 6.87. The third kappa shape index (κ3) is 3.73. The van der Waals surface area contributed by atoms with Gasteiger partial charge in [0, 0.05) is 17.8 Å². The van der Waals surface area contributed by atoms with Crippen molar-refractivity contribution in [2.75, 3.05) is 6.54 Å². The number of aryl methyl sites for hydroxylation is 2. The first kappa shape index (κ1) is 15.6. The fourth-order valence-electron chi connectivity index (χ4n) is 2.57. The maximum absolute atomic E-state index is 12.0. The molecular formula is C16H17N3O3S. The molecule has 7 heteroatoms. The highest BCUT2D eigenvalue weighted by atomic mass is 32.1. The number of thiazole rings is 1. The van der Waals surface area contributed by atoms with Gasteiger partial charge in [0.1, 0.15) is 11.4 Å². The smallest absolute Gasteiger partial charge is 0.354 e. The van der Waals surface area contributed by atoms with Crippen LogP contribution in [0.3, 0.4) is 0 Å². The lowest BCUT2D eigenvalue weighted by molar-refractivity contribution is 0.0690. The van der Waals surface area contributed by atoms with E-state index in [0.29, 0.717) is 13.0 Å². The topological polar surface area (TPSA) is 92.2 Å². The molecule has 0 fully saturated rings. The standard InChI is InChI=1S/C16H17N3O3S/c20-15(11-5-3-6-12(18-11)16(21)22)17-9-8-14-19-10-4-1-2-7-13(10)23-14/h3,5-6H,1-2,4,7-9H2,(H,17,20)(H,21,22). The molecule has 0 radical (unpaired) electrons. The van der Waals surface area contributed by atoms with Gasteiger partial charge in [-0.2, -0.15) is 0 Å². The first-order chi connectivity index (χ1) is 11.1. The lowest BCUT2D eigenvalue weighted by Gasteiger charge is -2.06. The number of nitrogens with zero attached hydrogens (tertiary/aromatic N) is 2. The van der Waals surface area contributed by atoms with Gasteiger partial charge in [-0.25, -0.2) is 14.8 Å². The SMILES string of the molecule is O=C(O)c1cccc(C(=O)NCCc2nc3c(s2)CCCC3)n1. The van der Waals surface area contributed by atoms with Crippen LogP contribution in [0.1, 0.15) is 49.4 Å². The summed E-state index contributed by atoms with van der Waals surface area (Å²) in [5.74, 6) is -1.51. The maximum Gasteiger partial charge on any atom is 0.354 e. The number of aromatic carboxylic acids is 1. The molecule has 120 valence electrons. The van der Waals surface area contributed by atoms with Crippen molar-refractivity contribution >= 4 is 23.2 Å². The number of hydrogen-bond acceptors (Lipinski definition) is 5. The molecule has 2 aromatic rings. The number of carbonyl (C=O) groups is 2. The second-order valence-corrected chi connectivity index (χ2v) is 6.57. The highest BCUT2D eigenvalue weighted by Crippen LogP contribution is 2.26. The number of fused-ring (bicyclic) bond motifs is 1. The Morgan fingerprint density at radius 3 is 2.74 bits per heavy atom. The van der Waals surface area contributed by atoms with Gasteiger partial charge < -0.3 is 10.4 Å². The Morgan fingerprint density at radius 1 is 1.17 bits per heavy atom. The maximum atomic E-state index is 12.0. The van der Waals surface area contributed by atoms with Gasteiger partial charge in [-0.15, -0.1) is 11.3 Å². The van der Waals surface area contributed by atoms with Crippen molar-refractivity contribution in [3.8, 4) is 0 Å². The van der Waals surface area contributed by atoms with Gasteiger partial charge in [0.15, 0.2) is 0 Å². The molecule has 1 aliphatic carbocycles. The molecule has 0 bridgehead atoms. The van der Waals surface area contributed by atoms with Crippen LogP contribution in [-0.4, -0.2) is 33.5 Å². The summed E-state index contributed by atoms with van der Waals surface area (Å²) < 4.78 is 0. The number of carbonyl (C=O) groups excluding carboxylic acids is 1. The molecule has 0 saturated heterocycles. The van der Waals surface area contributed by atoms with Crippen LogP contribution in [-0.2, 0) is 19.3 Å². The third-order valence-electron chi connectivity index (χ3n) is 3.72. The quantitative estimate of drug-likeness (QED) is 0.875. The summed E-state index contributed by atoms with van der Waals surface area (Å²) >= 11 is 1.73. The molecule has 0 saturated carbocycles. The molecule has 0 aliphatic heterocycles. The molecule has 1 aliphatic rings. The molecule has 0 atom stereocenters. The average Bonchev–Trinajstić information content (AvgIpc) is 2.97. The van der Waals surface area contributed by atoms with E-state index in [1.165, 1.54) is 41.6 Å². The van der Waals surface area contributed by atoms with Gasteiger partial charge in [0.2, 0.25) is 0 Å². The molecular weight excluding hydrogens is 314 g/mol. The number of carboxylic acid groups (broad SMARTS) is 1. The van der Waals surface area contributed by atoms with Crippen LogP contribution in [0.4, 0.5) is 0 Å². The molecule has 2 N–H and O–H groups in total. The van der Waals surface area contributed by atoms with E-state index in [0.717, 1.165) is 17.8 Å². The van der Waals surface area contributed by atoms with Gasteiger partial charge in [-0.3, -0.25) is 4.79 Å². The minimum absolute atomic E-state index is 0.114. The lowest BCUT2D eigenvalue weighted by Crippen LogP contribution is -2.27. The predicted molar refractivity (Wildman–Crippen MR) is 86.0 cm³/mol. The zero-order valence-corrected chi connectivity index (χ0v) is 13.4. The Morgan fingerprint density at radius 2 is 1.96 bits per heavy atom. The van der Waals surface area contributed by atoms with Crippen LogP contribution in [0.5, 0.6) is 0 Å². The van der Waals surface area contributed by atoms with Gasteiger partial charge in [-0.05, 0) is 37.8 Å². The highest BCUT2D eigenvalue weighted by molar-refractivity contribution is 7.11. The summed E-state index contributed by atoms with van der Waals surface area (Å²) in [5, 5.41) is 12.7. The molecule has 3 rings (SSSR count). The van der Waals surface area contributed by atoms with Crippen LogP contribution in [0.2, 0.25) is 0 Å². The van der Waals surface area contributed by atoms with Crippen LogP contribution in [0, 0.1) is 0 Å². The zero-order chi connectivity index (χ0) is 16.2. The van der Waals surface area contributed by atoms with E-state index in [1.807, 2.05) is 0 Å². The minimum Gasteiger partial charge on any atom is -0.477 e. The van der Waals surface area contributed by atoms with E-state index in [9.17, 15) is 9.59 Å². The fraction of sp³-hybridized carbons (Fsp3) is 0.375. The largest absolute Gasteiger partial charge is 0.477 e. The molecule has 2 aromatic heterocycles. The molecule has 2 heterocycles. The second-order valence-electron chi connectivity index (χ2n) is 5.40. The number of pyridine rings is 1. The number of amides is 1. The summed E-state index contributed by atoms with van der Waals surface area (Å²) in [5.41, 5.74) is 1.20. The van der Waals surface area contributed by atoms with Crippen molar-refractivity contribution in [1.82, 2.24) is 15.3 Å². The first-order valence-corrected chi connectivity index (χ1v) is 8.41. The Hall–Kier alpha value is -2.28. The number of rotatable bonds is 5. The normalized spacial score (nSPS) is 13.4. The van der Waals surface area contributed by atoms with E-state index >= 15 is 0 Å². The van der Waals surface area contributed by atoms with E-state index in [1.54, 1.807) is 11.3 Å². The molecule has 6 nitrogen and oxygen atoms in total. The number of aromatic nitrogens is 2. The number of carboxylic acids is 1. The summed E-state index contributed by atoms with van der Waals surface area (Å²) in [6, 6.07) is 4.38. The Balaban J connectivity index is 1.56. The van der Waals surface area contributed by atoms with Gasteiger partial charge in [0.05, 0.1) is 10.7 Å². The summed E-state index contributed by atoms with van der Waals surface area (Å²) in [4.78, 5) is 32.7. The molecule has 0 spiro atoms. The van der Waals surface area contributed by atoms with Gasteiger partial charge in [-0.1, -0.05) is 6.07 Å². The molecule has 0 unspecified atom stereocenters. The van der Waals surface area contributed by atoms with E-state index in [4.69, 9.17) is 5.11 Å². The fourth-order valence-corrected chi connectivity index (χ4v) is 3.72. The van der Waals surface area contributed by atoms with Crippen LogP contribution >= 0.6 is 11.3 Å². The summed E-state index contributed by atoms with van der Waals surface area (Å²) in [7, 11) is 0. The minimum atomic E-state index is -1.15. The molecule has 0 aromatic carbocycles. The van der Waals surface area contributed by atoms with Crippen molar-refractivity contribution in [1.29, 1.82) is 0 Å². The highest BCUT2D eigenvalue weighted by Gasteiger charge is 2.15. The van der Waals surface area contributed by atoms with Crippen molar-refractivity contribution in [3.63, 3.8) is 0 Å². The monoisotopic (exact) mass is 331 g/mol. The zero-order valence-electron chi connectivity index (χ0n) is 12.5. The predicted octanol–water partition coefficient (Wildman–Crippen LogP) is 2.09. The Bertz CT molecular complexity index is 718. The van der Waals surface area contributed by atoms with Gasteiger partial charge >= 0.3 is 5.97 Å². The van der Waals surface area contributed by atoms with E-state index < -0.39 is 5.97 Å². The lowest BCUT2D eigenvalue weighted by atomic mass is 10.0. The third-order valence-corrected chi connectivity index (χ3v) is 4.93. The van der Waals surface area contributed by atoms with E-state index in [2.05, 4.69) is 15.3 Å². The van der Waals surface area contributed by atoms with Crippen molar-refractivity contribution in [2.24, 2.45) is 0 Å². The van der Waals surface area contributed by atoms with Crippen molar-refractivity contribution in [2.45, 2.75) is 32.1 Å². The Labute approximate surface area is 137 Å². The summed E-state index contributed by atoms with van der Waals surface area (Å²) in [6.07, 6.45) is 5.30. The van der Waals surface area contributed by atoms with Crippen LogP contribution in [0.15, 0.2) is 18.2 Å². The van der Waals surface area contributed by atoms with Crippen molar-refractivity contribution < 1.29 is 14.7 Å². The Kier molecular flexibility index (Phi) is 4.66. The van der Waals surface area contributed by atoms with Crippen LogP contribution < -0.4 is 5.32 Å². The van der Waals surface area contributed by atoms with Crippen LogP contribution in [0.25, 0.3) is 0 Å². The van der Waals surface area contributed by atoms with E-state index in [-0.39, 0.29) is 17.3 Å². The summed E-state index contributed by atoms with van der Waals surface area (Å²) in [6.45, 7) is 0.463. The number of hydrogen-bond donors (Lipinski definition) is 2. The molecule has 1 amide bonds. The van der Waals surface area contributed by atoms with Crippen molar-refractivity contribution in [3.05, 3.63) is 45.2 Å². The first-order valence-electron chi connectivity index (χ1n) is 7.59. The number of nitrogens with one attached hydrogen (secondary N) is 1. The average molecular weight is 331 g/mol.